The zero-order valence-electron chi connectivity index (χ0n) is 11.7. The molecule has 0 aromatic carbocycles. The first-order chi connectivity index (χ1) is 9.48. The summed E-state index contributed by atoms with van der Waals surface area (Å²) in [7, 11) is 4.11. The largest absolute Gasteiger partial charge is 0.350 e. The number of likely N-dealkylation sites (N-methyl/N-ethyl adjacent to an activating group) is 1. The molecule has 4 N–H and O–H groups in total. The highest BCUT2D eigenvalue weighted by atomic mass is 79.9. The summed E-state index contributed by atoms with van der Waals surface area (Å²) in [5, 5.41) is 2.99. The summed E-state index contributed by atoms with van der Waals surface area (Å²) in [6.07, 6.45) is 5.03. The number of carbonyl (C=O) groups is 1. The maximum absolute atomic E-state index is 12.3. The van der Waals surface area contributed by atoms with E-state index in [0.29, 0.717) is 17.9 Å². The van der Waals surface area contributed by atoms with Crippen LogP contribution in [0.2, 0.25) is 0 Å². The van der Waals surface area contributed by atoms with Crippen LogP contribution in [0.1, 0.15) is 29.6 Å². The van der Waals surface area contributed by atoms with Gasteiger partial charge in [0.25, 0.3) is 5.91 Å². The Hall–Kier alpha value is -1.18. The van der Waals surface area contributed by atoms with E-state index in [1.807, 2.05) is 0 Å². The molecule has 1 aliphatic rings. The average Bonchev–Trinajstić information content (AvgIpc) is 2.36. The summed E-state index contributed by atoms with van der Waals surface area (Å²) in [5.41, 5.74) is 2.98. The molecule has 1 aromatic rings. The smallest absolute Gasteiger partial charge is 0.255 e. The highest BCUT2D eigenvalue weighted by molar-refractivity contribution is 9.10. The first kappa shape index (κ1) is 15.2. The van der Waals surface area contributed by atoms with Crippen LogP contribution in [-0.2, 0) is 0 Å². The van der Waals surface area contributed by atoms with Crippen molar-refractivity contribution in [3.05, 3.63) is 22.3 Å². The number of anilines is 1. The van der Waals surface area contributed by atoms with E-state index in [1.54, 1.807) is 12.3 Å². The van der Waals surface area contributed by atoms with Gasteiger partial charge in [-0.05, 0) is 55.4 Å². The number of halogens is 1. The molecular formula is C13H20BrN5O. The summed E-state index contributed by atoms with van der Waals surface area (Å²) in [6, 6.07) is 1.71. The van der Waals surface area contributed by atoms with E-state index >= 15 is 0 Å². The van der Waals surface area contributed by atoms with Crippen molar-refractivity contribution >= 4 is 27.7 Å². The van der Waals surface area contributed by atoms with Gasteiger partial charge in [-0.25, -0.2) is 10.8 Å². The van der Waals surface area contributed by atoms with Gasteiger partial charge in [0.15, 0.2) is 5.82 Å². The van der Waals surface area contributed by atoms with Crippen molar-refractivity contribution in [2.24, 2.45) is 5.84 Å². The highest BCUT2D eigenvalue weighted by Crippen LogP contribution is 2.35. The van der Waals surface area contributed by atoms with Crippen LogP contribution >= 0.6 is 15.9 Å². The van der Waals surface area contributed by atoms with Gasteiger partial charge in [0, 0.05) is 22.8 Å². The molecule has 0 spiro atoms. The molecular weight excluding hydrogens is 322 g/mol. The minimum atomic E-state index is -0.167. The number of amides is 1. The lowest BCUT2D eigenvalue weighted by atomic mass is 9.75. The Morgan fingerprint density at radius 3 is 2.75 bits per heavy atom. The summed E-state index contributed by atoms with van der Waals surface area (Å²) in [4.78, 5) is 18.6. The number of hydrazine groups is 1. The average molecular weight is 342 g/mol. The van der Waals surface area contributed by atoms with Crippen molar-refractivity contribution in [3.8, 4) is 0 Å². The summed E-state index contributed by atoms with van der Waals surface area (Å²) in [5.74, 6) is 5.60. The number of aromatic nitrogens is 1. The Balaban J connectivity index is 2.07. The summed E-state index contributed by atoms with van der Waals surface area (Å²) < 4.78 is 0.743. The molecule has 1 saturated carbocycles. The number of nitrogens with two attached hydrogens (primary N) is 1. The van der Waals surface area contributed by atoms with E-state index in [1.165, 1.54) is 6.42 Å². The van der Waals surface area contributed by atoms with Crippen LogP contribution in [0.4, 0.5) is 5.82 Å². The van der Waals surface area contributed by atoms with Crippen molar-refractivity contribution in [2.75, 3.05) is 26.1 Å². The first-order valence-electron chi connectivity index (χ1n) is 6.56. The van der Waals surface area contributed by atoms with Crippen molar-refractivity contribution < 1.29 is 4.79 Å². The molecule has 7 heteroatoms. The second-order valence-electron chi connectivity index (χ2n) is 5.35. The molecule has 110 valence electrons. The van der Waals surface area contributed by atoms with Gasteiger partial charge in [-0.1, -0.05) is 0 Å². The molecule has 1 aliphatic carbocycles. The lowest BCUT2D eigenvalue weighted by Crippen LogP contribution is -2.57. The van der Waals surface area contributed by atoms with Crippen LogP contribution in [0.15, 0.2) is 16.7 Å². The number of carbonyl (C=O) groups excluding carboxylic acids is 1. The number of nitrogen functional groups attached to an aromatic ring is 1. The second kappa shape index (κ2) is 6.07. The third kappa shape index (κ3) is 2.94. The zero-order valence-corrected chi connectivity index (χ0v) is 13.3. The molecule has 1 aromatic heterocycles. The quantitative estimate of drug-likeness (QED) is 0.556. The number of pyridine rings is 1. The topological polar surface area (TPSA) is 83.3 Å². The third-order valence-corrected chi connectivity index (χ3v) is 4.48. The van der Waals surface area contributed by atoms with Gasteiger partial charge in [-0.3, -0.25) is 4.79 Å². The monoisotopic (exact) mass is 341 g/mol. The van der Waals surface area contributed by atoms with Crippen LogP contribution in [0.5, 0.6) is 0 Å². The molecule has 1 fully saturated rings. The number of hydrogen-bond acceptors (Lipinski definition) is 5. The minimum Gasteiger partial charge on any atom is -0.350 e. The Morgan fingerprint density at radius 2 is 2.25 bits per heavy atom. The Kier molecular flexibility index (Phi) is 4.62. The fourth-order valence-electron chi connectivity index (χ4n) is 2.43. The van der Waals surface area contributed by atoms with E-state index < -0.39 is 0 Å². The molecule has 0 atom stereocenters. The van der Waals surface area contributed by atoms with Gasteiger partial charge in [0.2, 0.25) is 0 Å². The van der Waals surface area contributed by atoms with E-state index in [4.69, 9.17) is 5.84 Å². The molecule has 0 unspecified atom stereocenters. The molecule has 0 bridgehead atoms. The normalized spacial score (nSPS) is 16.6. The number of hydrogen-bond donors (Lipinski definition) is 3. The lowest BCUT2D eigenvalue weighted by molar-refractivity contribution is 0.0558. The fourth-order valence-corrected chi connectivity index (χ4v) is 2.77. The lowest BCUT2D eigenvalue weighted by Gasteiger charge is -2.47. The molecule has 0 saturated heterocycles. The van der Waals surface area contributed by atoms with E-state index in [2.05, 4.69) is 50.7 Å². The highest BCUT2D eigenvalue weighted by Gasteiger charge is 2.39. The molecule has 1 heterocycles. The minimum absolute atomic E-state index is 0.0887. The van der Waals surface area contributed by atoms with Gasteiger partial charge in [0.1, 0.15) is 0 Å². The van der Waals surface area contributed by atoms with Crippen molar-refractivity contribution in [2.45, 2.75) is 24.8 Å². The predicted molar refractivity (Wildman–Crippen MR) is 82.3 cm³/mol. The van der Waals surface area contributed by atoms with Crippen LogP contribution in [-0.4, -0.2) is 42.0 Å². The summed E-state index contributed by atoms with van der Waals surface area (Å²) >= 11 is 3.31. The molecule has 20 heavy (non-hydrogen) atoms. The summed E-state index contributed by atoms with van der Waals surface area (Å²) in [6.45, 7) is 0.634. The van der Waals surface area contributed by atoms with Crippen molar-refractivity contribution in [1.82, 2.24) is 15.2 Å². The van der Waals surface area contributed by atoms with Crippen LogP contribution in [0.25, 0.3) is 0 Å². The maximum Gasteiger partial charge on any atom is 0.255 e. The second-order valence-corrected chi connectivity index (χ2v) is 6.26. The van der Waals surface area contributed by atoms with Crippen molar-refractivity contribution in [1.29, 1.82) is 0 Å². The van der Waals surface area contributed by atoms with Gasteiger partial charge >= 0.3 is 0 Å². The number of rotatable bonds is 5. The predicted octanol–water partition coefficient (Wildman–Crippen LogP) is 1.34. The van der Waals surface area contributed by atoms with Crippen molar-refractivity contribution in [3.63, 3.8) is 0 Å². The fraction of sp³-hybridized carbons (Fsp3) is 0.538. The standard InChI is InChI=1S/C13H20BrN5O/c1-19(2)13(4-3-5-13)8-17-12(20)10-6-9(14)7-16-11(10)18-15/h6-7H,3-5,8,15H2,1-2H3,(H,16,18)(H,17,20). The van der Waals surface area contributed by atoms with Crippen LogP contribution < -0.4 is 16.6 Å². The van der Waals surface area contributed by atoms with Gasteiger partial charge in [0.05, 0.1) is 5.56 Å². The Labute approximate surface area is 127 Å². The van der Waals surface area contributed by atoms with E-state index in [0.717, 1.165) is 17.3 Å². The molecule has 1 amide bonds. The maximum atomic E-state index is 12.3. The van der Waals surface area contributed by atoms with Gasteiger partial charge < -0.3 is 15.6 Å². The zero-order chi connectivity index (χ0) is 14.8. The van der Waals surface area contributed by atoms with E-state index in [9.17, 15) is 4.79 Å². The number of nitrogens with one attached hydrogen (secondary N) is 2. The van der Waals surface area contributed by atoms with Crippen LogP contribution in [0, 0.1) is 0 Å². The Bertz CT molecular complexity index is 502. The van der Waals surface area contributed by atoms with Gasteiger partial charge in [-0.15, -0.1) is 0 Å². The molecule has 0 radical (unpaired) electrons. The first-order valence-corrected chi connectivity index (χ1v) is 7.35. The van der Waals surface area contributed by atoms with Crippen LogP contribution in [0.3, 0.4) is 0 Å². The molecule has 0 aliphatic heterocycles. The third-order valence-electron chi connectivity index (χ3n) is 4.05. The molecule has 2 rings (SSSR count). The van der Waals surface area contributed by atoms with E-state index in [-0.39, 0.29) is 11.4 Å². The Morgan fingerprint density at radius 1 is 1.55 bits per heavy atom. The molecule has 6 nitrogen and oxygen atoms in total. The SMILES string of the molecule is CN(C)C1(CNC(=O)c2cc(Br)cnc2NN)CCC1. The number of nitrogens with zero attached hydrogens (tertiary/aromatic N) is 2. The van der Waals surface area contributed by atoms with Gasteiger partial charge in [-0.2, -0.15) is 0 Å².